The molecule has 0 saturated heterocycles. The van der Waals surface area contributed by atoms with Gasteiger partial charge in [0.25, 0.3) is 0 Å². The predicted molar refractivity (Wildman–Crippen MR) is 94.4 cm³/mol. The zero-order valence-corrected chi connectivity index (χ0v) is 15.1. The smallest absolute Gasteiger partial charge is 0.225 e. The summed E-state index contributed by atoms with van der Waals surface area (Å²) >= 11 is 0. The van der Waals surface area contributed by atoms with E-state index in [2.05, 4.69) is 0 Å². The van der Waals surface area contributed by atoms with Crippen LogP contribution >= 0.6 is 0 Å². The van der Waals surface area contributed by atoms with Gasteiger partial charge >= 0.3 is 0 Å². The number of hydrogen-bond donors (Lipinski definition) is 0. The molecule has 2 fully saturated rings. The maximum Gasteiger partial charge on any atom is 0.225 e. The van der Waals surface area contributed by atoms with E-state index in [1.54, 1.807) is 14.2 Å². The van der Waals surface area contributed by atoms with E-state index in [1.165, 1.54) is 25.7 Å². The minimum Gasteiger partial charge on any atom is -0.493 e. The summed E-state index contributed by atoms with van der Waals surface area (Å²) in [7, 11) is 5.24. The zero-order chi connectivity index (χ0) is 17.1. The van der Waals surface area contributed by atoms with Crippen molar-refractivity contribution in [1.29, 1.82) is 0 Å². The lowest BCUT2D eigenvalue weighted by molar-refractivity contribution is -0.135. The summed E-state index contributed by atoms with van der Waals surface area (Å²) in [5.41, 5.74) is 1.16. The van der Waals surface area contributed by atoms with Gasteiger partial charge in [0, 0.05) is 19.5 Å². The van der Waals surface area contributed by atoms with E-state index in [0.29, 0.717) is 11.8 Å². The van der Waals surface area contributed by atoms with Gasteiger partial charge in [-0.15, -0.1) is 0 Å². The molecule has 3 atom stereocenters. The monoisotopic (exact) mass is 331 g/mol. The fourth-order valence-electron chi connectivity index (χ4n) is 4.59. The highest BCUT2D eigenvalue weighted by molar-refractivity contribution is 5.79. The van der Waals surface area contributed by atoms with Crippen LogP contribution in [0.4, 0.5) is 0 Å². The summed E-state index contributed by atoms with van der Waals surface area (Å²) in [5, 5.41) is 0. The summed E-state index contributed by atoms with van der Waals surface area (Å²) in [6.45, 7) is 0.752. The van der Waals surface area contributed by atoms with Gasteiger partial charge in [0.1, 0.15) is 0 Å². The van der Waals surface area contributed by atoms with Gasteiger partial charge in [-0.05, 0) is 55.2 Å². The van der Waals surface area contributed by atoms with Crippen LogP contribution in [0, 0.1) is 17.8 Å². The third-order valence-corrected chi connectivity index (χ3v) is 5.96. The van der Waals surface area contributed by atoms with Crippen molar-refractivity contribution in [3.63, 3.8) is 0 Å². The highest BCUT2D eigenvalue weighted by Crippen LogP contribution is 2.48. The molecule has 1 unspecified atom stereocenters. The van der Waals surface area contributed by atoms with Crippen LogP contribution in [0.15, 0.2) is 18.2 Å². The summed E-state index contributed by atoms with van der Waals surface area (Å²) < 4.78 is 10.6. The van der Waals surface area contributed by atoms with E-state index in [9.17, 15) is 4.79 Å². The van der Waals surface area contributed by atoms with Crippen LogP contribution in [-0.4, -0.2) is 38.6 Å². The number of ether oxygens (including phenoxy) is 2. The Morgan fingerprint density at radius 2 is 1.92 bits per heavy atom. The van der Waals surface area contributed by atoms with Crippen molar-refractivity contribution >= 4 is 5.91 Å². The lowest BCUT2D eigenvalue weighted by Crippen LogP contribution is -2.36. The van der Waals surface area contributed by atoms with E-state index in [4.69, 9.17) is 9.47 Å². The van der Waals surface area contributed by atoms with Crippen molar-refractivity contribution in [3.05, 3.63) is 23.8 Å². The first-order chi connectivity index (χ1) is 11.6. The number of carbonyl (C=O) groups excluding carboxylic acids is 1. The molecular weight excluding hydrogens is 302 g/mol. The van der Waals surface area contributed by atoms with Crippen LogP contribution < -0.4 is 9.47 Å². The first kappa shape index (κ1) is 17.1. The van der Waals surface area contributed by atoms with Crippen LogP contribution in [0.1, 0.15) is 37.7 Å². The molecule has 0 aromatic heterocycles. The second-order valence-electron chi connectivity index (χ2n) is 7.24. The van der Waals surface area contributed by atoms with Crippen molar-refractivity contribution in [2.45, 2.75) is 38.5 Å². The second kappa shape index (κ2) is 7.45. The molecule has 1 aromatic carbocycles. The number of hydrogen-bond acceptors (Lipinski definition) is 3. The maximum absolute atomic E-state index is 12.8. The van der Waals surface area contributed by atoms with Crippen LogP contribution in [-0.2, 0) is 11.2 Å². The molecule has 24 heavy (non-hydrogen) atoms. The normalized spacial score (nSPS) is 25.4. The number of rotatable bonds is 6. The number of amides is 1. The minimum absolute atomic E-state index is 0.271. The van der Waals surface area contributed by atoms with E-state index in [-0.39, 0.29) is 5.92 Å². The van der Waals surface area contributed by atoms with Gasteiger partial charge in [-0.2, -0.15) is 0 Å². The maximum atomic E-state index is 12.8. The van der Waals surface area contributed by atoms with Gasteiger partial charge in [0.15, 0.2) is 11.5 Å². The molecule has 2 aliphatic rings. The molecule has 2 aliphatic carbocycles. The fourth-order valence-corrected chi connectivity index (χ4v) is 4.59. The van der Waals surface area contributed by atoms with Crippen LogP contribution in [0.25, 0.3) is 0 Å². The van der Waals surface area contributed by atoms with E-state index in [0.717, 1.165) is 42.4 Å². The molecule has 132 valence electrons. The van der Waals surface area contributed by atoms with E-state index >= 15 is 0 Å². The standard InChI is InChI=1S/C20H29NO3/c1-21(20(22)17-9-8-15-5-4-6-16(15)17)12-11-14-7-10-18(23-2)19(13-14)24-3/h7,10,13,15-17H,4-6,8-9,11-12H2,1-3H3/t15-,16-,17?/m0/s1. The Morgan fingerprint density at radius 3 is 2.67 bits per heavy atom. The van der Waals surface area contributed by atoms with Gasteiger partial charge in [-0.1, -0.05) is 18.9 Å². The molecule has 0 spiro atoms. The highest BCUT2D eigenvalue weighted by atomic mass is 16.5. The van der Waals surface area contributed by atoms with Gasteiger partial charge in [0.2, 0.25) is 5.91 Å². The molecule has 0 N–H and O–H groups in total. The van der Waals surface area contributed by atoms with Gasteiger partial charge in [-0.25, -0.2) is 0 Å². The third-order valence-electron chi connectivity index (χ3n) is 5.96. The lowest BCUT2D eigenvalue weighted by Gasteiger charge is -2.25. The Morgan fingerprint density at radius 1 is 1.12 bits per heavy atom. The van der Waals surface area contributed by atoms with E-state index < -0.39 is 0 Å². The van der Waals surface area contributed by atoms with Gasteiger partial charge in [0.05, 0.1) is 14.2 Å². The van der Waals surface area contributed by atoms with Gasteiger partial charge < -0.3 is 14.4 Å². The minimum atomic E-state index is 0.271. The number of nitrogens with zero attached hydrogens (tertiary/aromatic N) is 1. The third kappa shape index (κ3) is 3.38. The zero-order valence-electron chi connectivity index (χ0n) is 15.1. The molecule has 1 amide bonds. The van der Waals surface area contributed by atoms with Crippen molar-refractivity contribution in [2.75, 3.05) is 27.8 Å². The summed E-state index contributed by atoms with van der Waals surface area (Å²) in [5.74, 6) is 3.58. The topological polar surface area (TPSA) is 38.8 Å². The number of carbonyl (C=O) groups is 1. The van der Waals surface area contributed by atoms with Crippen LogP contribution in [0.2, 0.25) is 0 Å². The molecule has 0 aliphatic heterocycles. The van der Waals surface area contributed by atoms with Crippen molar-refractivity contribution in [3.8, 4) is 11.5 Å². The Kier molecular flexibility index (Phi) is 5.32. The molecule has 1 aromatic rings. The first-order valence-corrected chi connectivity index (χ1v) is 9.10. The SMILES string of the molecule is COc1ccc(CCN(C)C(=O)C2CC[C@@H]3CCC[C@H]23)cc1OC. The second-order valence-corrected chi connectivity index (χ2v) is 7.24. The summed E-state index contributed by atoms with van der Waals surface area (Å²) in [6.07, 6.45) is 7.09. The Hall–Kier alpha value is -1.71. The molecular formula is C20H29NO3. The predicted octanol–water partition coefficient (Wildman–Crippen LogP) is 3.53. The largest absolute Gasteiger partial charge is 0.493 e. The average molecular weight is 331 g/mol. The summed E-state index contributed by atoms with van der Waals surface area (Å²) in [6, 6.07) is 5.97. The fraction of sp³-hybridized carbons (Fsp3) is 0.650. The van der Waals surface area contributed by atoms with Gasteiger partial charge in [-0.3, -0.25) is 4.79 Å². The molecule has 0 bridgehead atoms. The average Bonchev–Trinajstić information content (AvgIpc) is 3.22. The lowest BCUT2D eigenvalue weighted by atomic mass is 9.91. The highest BCUT2D eigenvalue weighted by Gasteiger charge is 2.43. The Labute approximate surface area is 145 Å². The Balaban J connectivity index is 1.57. The number of fused-ring (bicyclic) bond motifs is 1. The van der Waals surface area contributed by atoms with E-state index in [1.807, 2.05) is 30.1 Å². The molecule has 4 nitrogen and oxygen atoms in total. The number of benzene rings is 1. The quantitative estimate of drug-likeness (QED) is 0.800. The van der Waals surface area contributed by atoms with Crippen LogP contribution in [0.3, 0.4) is 0 Å². The van der Waals surface area contributed by atoms with Crippen molar-refractivity contribution < 1.29 is 14.3 Å². The van der Waals surface area contributed by atoms with Crippen molar-refractivity contribution in [2.24, 2.45) is 17.8 Å². The Bertz CT molecular complexity index is 586. The molecule has 0 heterocycles. The molecule has 0 radical (unpaired) electrons. The first-order valence-electron chi connectivity index (χ1n) is 9.10. The number of methoxy groups -OCH3 is 2. The molecule has 4 heteroatoms. The van der Waals surface area contributed by atoms with Crippen LogP contribution in [0.5, 0.6) is 11.5 Å². The molecule has 3 rings (SSSR count). The van der Waals surface area contributed by atoms with Crippen molar-refractivity contribution in [1.82, 2.24) is 4.90 Å². The number of likely N-dealkylation sites (N-methyl/N-ethyl adjacent to an activating group) is 1. The molecule has 2 saturated carbocycles. The summed E-state index contributed by atoms with van der Waals surface area (Å²) in [4.78, 5) is 14.7.